The normalized spacial score (nSPS) is 25.8. The zero-order valence-electron chi connectivity index (χ0n) is 16.3. The highest BCUT2D eigenvalue weighted by atomic mass is 79.9. The summed E-state index contributed by atoms with van der Waals surface area (Å²) in [6.45, 7) is 13.3. The molecule has 0 saturated carbocycles. The molecule has 1 N–H and O–H groups in total. The van der Waals surface area contributed by atoms with E-state index in [-0.39, 0.29) is 5.91 Å². The third kappa shape index (κ3) is 4.49. The van der Waals surface area contributed by atoms with Crippen LogP contribution in [0, 0.1) is 5.92 Å². The Labute approximate surface area is 164 Å². The number of hydrogen-bond donors (Lipinski definition) is 1. The third-order valence-electron chi connectivity index (χ3n) is 5.43. The SMILES string of the molecule is CC1CN(CC2CCN(C(=O)c3n[nH]c(C(C)C)c3Br)CC2)CC(C)O1. The van der Waals surface area contributed by atoms with Crippen LogP contribution in [0.25, 0.3) is 0 Å². The molecule has 7 heteroatoms. The fraction of sp³-hybridized carbons (Fsp3) is 0.789. The minimum Gasteiger partial charge on any atom is -0.373 e. The number of nitrogens with zero attached hydrogens (tertiary/aromatic N) is 3. The van der Waals surface area contributed by atoms with Crippen molar-refractivity contribution in [3.05, 3.63) is 15.9 Å². The predicted molar refractivity (Wildman–Crippen MR) is 105 cm³/mol. The lowest BCUT2D eigenvalue weighted by Gasteiger charge is -2.39. The molecule has 2 fully saturated rings. The molecule has 0 radical (unpaired) electrons. The summed E-state index contributed by atoms with van der Waals surface area (Å²) in [5, 5.41) is 7.26. The molecule has 3 heterocycles. The Bertz CT molecular complexity index is 615. The van der Waals surface area contributed by atoms with E-state index in [2.05, 4.69) is 58.7 Å². The van der Waals surface area contributed by atoms with Gasteiger partial charge in [0.25, 0.3) is 5.91 Å². The monoisotopic (exact) mass is 426 g/mol. The molecule has 146 valence electrons. The summed E-state index contributed by atoms with van der Waals surface area (Å²) in [6.07, 6.45) is 2.75. The van der Waals surface area contributed by atoms with Crippen LogP contribution < -0.4 is 0 Å². The van der Waals surface area contributed by atoms with E-state index in [4.69, 9.17) is 4.74 Å². The Kier molecular flexibility index (Phi) is 6.41. The summed E-state index contributed by atoms with van der Waals surface area (Å²) >= 11 is 3.55. The first-order valence-corrected chi connectivity index (χ1v) is 10.5. The Morgan fingerprint density at radius 3 is 2.42 bits per heavy atom. The number of H-pyrrole nitrogens is 1. The van der Waals surface area contributed by atoms with E-state index in [9.17, 15) is 4.79 Å². The van der Waals surface area contributed by atoms with E-state index < -0.39 is 0 Å². The van der Waals surface area contributed by atoms with E-state index in [0.717, 1.165) is 55.7 Å². The summed E-state index contributed by atoms with van der Waals surface area (Å²) < 4.78 is 6.64. The second-order valence-electron chi connectivity index (χ2n) is 8.17. The first-order chi connectivity index (χ1) is 12.3. The first kappa shape index (κ1) is 19.8. The summed E-state index contributed by atoms with van der Waals surface area (Å²) in [6, 6.07) is 0. The minimum atomic E-state index is 0.0343. The van der Waals surface area contributed by atoms with Gasteiger partial charge in [0.15, 0.2) is 5.69 Å². The third-order valence-corrected chi connectivity index (χ3v) is 6.23. The largest absolute Gasteiger partial charge is 0.373 e. The number of halogens is 1. The molecular formula is C19H31BrN4O2. The van der Waals surface area contributed by atoms with Gasteiger partial charge in [-0.1, -0.05) is 13.8 Å². The molecular weight excluding hydrogens is 396 g/mol. The van der Waals surface area contributed by atoms with Gasteiger partial charge >= 0.3 is 0 Å². The fourth-order valence-corrected chi connectivity index (χ4v) is 4.94. The fourth-order valence-electron chi connectivity index (χ4n) is 4.13. The zero-order chi connectivity index (χ0) is 18.8. The molecule has 0 bridgehead atoms. The number of carbonyl (C=O) groups excluding carboxylic acids is 1. The molecule has 26 heavy (non-hydrogen) atoms. The molecule has 1 aromatic heterocycles. The molecule has 0 aromatic carbocycles. The zero-order valence-corrected chi connectivity index (χ0v) is 17.9. The summed E-state index contributed by atoms with van der Waals surface area (Å²) in [5.74, 6) is 1.000. The van der Waals surface area contributed by atoms with Crippen molar-refractivity contribution in [3.8, 4) is 0 Å². The number of morpholine rings is 1. The van der Waals surface area contributed by atoms with Crippen molar-refractivity contribution in [1.82, 2.24) is 20.0 Å². The molecule has 0 spiro atoms. The predicted octanol–water partition coefficient (Wildman–Crippen LogP) is 3.26. The summed E-state index contributed by atoms with van der Waals surface area (Å²) in [5.41, 5.74) is 1.50. The molecule has 0 aliphatic carbocycles. The lowest BCUT2D eigenvalue weighted by molar-refractivity contribution is -0.0728. The van der Waals surface area contributed by atoms with E-state index in [1.165, 1.54) is 0 Å². The van der Waals surface area contributed by atoms with Gasteiger partial charge in [-0.15, -0.1) is 0 Å². The molecule has 3 rings (SSSR count). The number of ether oxygens (including phenoxy) is 1. The Hall–Kier alpha value is -0.920. The molecule has 2 aliphatic rings. The van der Waals surface area contributed by atoms with Gasteiger partial charge in [0, 0.05) is 32.7 Å². The maximum absolute atomic E-state index is 12.8. The smallest absolute Gasteiger partial charge is 0.275 e. The van der Waals surface area contributed by atoms with Crippen molar-refractivity contribution in [2.24, 2.45) is 5.92 Å². The van der Waals surface area contributed by atoms with Crippen molar-refractivity contribution < 1.29 is 9.53 Å². The van der Waals surface area contributed by atoms with Crippen LogP contribution in [0.1, 0.15) is 62.6 Å². The molecule has 2 saturated heterocycles. The standard InChI is InChI=1S/C19H31BrN4O2/c1-12(2)17-16(20)18(22-21-17)19(25)24-7-5-15(6-8-24)11-23-9-13(3)26-14(4)10-23/h12-15H,5-11H2,1-4H3,(H,21,22). The van der Waals surface area contributed by atoms with Crippen molar-refractivity contribution in [3.63, 3.8) is 0 Å². The van der Waals surface area contributed by atoms with Crippen LogP contribution in [-0.4, -0.2) is 70.8 Å². The number of rotatable bonds is 4. The molecule has 6 nitrogen and oxygen atoms in total. The molecule has 2 aliphatic heterocycles. The van der Waals surface area contributed by atoms with Gasteiger partial charge < -0.3 is 9.64 Å². The summed E-state index contributed by atoms with van der Waals surface area (Å²) in [7, 11) is 0. The van der Waals surface area contributed by atoms with Gasteiger partial charge in [0.1, 0.15) is 0 Å². The average Bonchev–Trinajstić information content (AvgIpc) is 2.95. The second-order valence-corrected chi connectivity index (χ2v) is 8.96. The van der Waals surface area contributed by atoms with Crippen LogP contribution in [-0.2, 0) is 4.74 Å². The van der Waals surface area contributed by atoms with Gasteiger partial charge in [-0.05, 0) is 54.5 Å². The number of piperidine rings is 1. The number of aromatic nitrogens is 2. The van der Waals surface area contributed by atoms with Crippen LogP contribution in [0.5, 0.6) is 0 Å². The highest BCUT2D eigenvalue weighted by Gasteiger charge is 2.30. The van der Waals surface area contributed by atoms with Crippen molar-refractivity contribution in [2.75, 3.05) is 32.7 Å². The van der Waals surface area contributed by atoms with Gasteiger partial charge in [-0.25, -0.2) is 0 Å². The quantitative estimate of drug-likeness (QED) is 0.802. The van der Waals surface area contributed by atoms with Crippen molar-refractivity contribution in [1.29, 1.82) is 0 Å². The first-order valence-electron chi connectivity index (χ1n) is 9.76. The van der Waals surface area contributed by atoms with Crippen molar-refractivity contribution >= 4 is 21.8 Å². The Morgan fingerprint density at radius 2 is 1.88 bits per heavy atom. The number of likely N-dealkylation sites (tertiary alicyclic amines) is 1. The maximum atomic E-state index is 12.8. The Balaban J connectivity index is 1.53. The molecule has 2 atom stereocenters. The van der Waals surface area contributed by atoms with Crippen LogP contribution in [0.4, 0.5) is 0 Å². The lowest BCUT2D eigenvalue weighted by atomic mass is 9.95. The van der Waals surface area contributed by atoms with Crippen LogP contribution in [0.3, 0.4) is 0 Å². The highest BCUT2D eigenvalue weighted by Crippen LogP contribution is 2.28. The Morgan fingerprint density at radius 1 is 1.27 bits per heavy atom. The average molecular weight is 427 g/mol. The van der Waals surface area contributed by atoms with Gasteiger partial charge in [0.05, 0.1) is 22.4 Å². The van der Waals surface area contributed by atoms with E-state index in [1.807, 2.05) is 4.90 Å². The second kappa shape index (κ2) is 8.40. The van der Waals surface area contributed by atoms with Crippen LogP contribution in [0.2, 0.25) is 0 Å². The highest BCUT2D eigenvalue weighted by molar-refractivity contribution is 9.10. The van der Waals surface area contributed by atoms with E-state index >= 15 is 0 Å². The number of amides is 1. The van der Waals surface area contributed by atoms with Gasteiger partial charge in [-0.3, -0.25) is 14.8 Å². The molecule has 1 aromatic rings. The number of nitrogens with one attached hydrogen (secondary N) is 1. The molecule has 2 unspecified atom stereocenters. The van der Waals surface area contributed by atoms with Gasteiger partial charge in [-0.2, -0.15) is 5.10 Å². The topological polar surface area (TPSA) is 61.5 Å². The van der Waals surface area contributed by atoms with Crippen molar-refractivity contribution in [2.45, 2.75) is 58.7 Å². The van der Waals surface area contributed by atoms with Crippen LogP contribution in [0.15, 0.2) is 4.47 Å². The lowest BCUT2D eigenvalue weighted by Crippen LogP contribution is -2.48. The number of aromatic amines is 1. The van der Waals surface area contributed by atoms with E-state index in [1.54, 1.807) is 0 Å². The minimum absolute atomic E-state index is 0.0343. The van der Waals surface area contributed by atoms with E-state index in [0.29, 0.717) is 29.7 Å². The molecule has 1 amide bonds. The summed E-state index contributed by atoms with van der Waals surface area (Å²) in [4.78, 5) is 17.3. The van der Waals surface area contributed by atoms with Gasteiger partial charge in [0.2, 0.25) is 0 Å². The maximum Gasteiger partial charge on any atom is 0.275 e. The number of hydrogen-bond acceptors (Lipinski definition) is 4. The number of carbonyl (C=O) groups is 1. The van der Waals surface area contributed by atoms with Crippen LogP contribution >= 0.6 is 15.9 Å².